The lowest BCUT2D eigenvalue weighted by Crippen LogP contribution is -2.17. The first kappa shape index (κ1) is 14.4. The number of thiophene rings is 1. The highest BCUT2D eigenvalue weighted by atomic mass is 79.9. The van der Waals surface area contributed by atoms with Gasteiger partial charge in [-0.15, -0.1) is 11.3 Å². The third-order valence-electron chi connectivity index (χ3n) is 2.71. The van der Waals surface area contributed by atoms with Gasteiger partial charge in [-0.05, 0) is 59.2 Å². The topological polar surface area (TPSA) is 12.0 Å². The van der Waals surface area contributed by atoms with Gasteiger partial charge in [0.15, 0.2) is 0 Å². The van der Waals surface area contributed by atoms with Crippen molar-refractivity contribution in [2.24, 2.45) is 0 Å². The summed E-state index contributed by atoms with van der Waals surface area (Å²) in [6.07, 6.45) is 0.889. The molecule has 5 heteroatoms. The Hall–Kier alpha value is -0.0600. The average molecular weight is 365 g/mol. The van der Waals surface area contributed by atoms with Crippen LogP contribution in [0.3, 0.4) is 0 Å². The van der Waals surface area contributed by atoms with Crippen LogP contribution in [0.1, 0.15) is 16.5 Å². The normalized spacial score (nSPS) is 12.7. The fourth-order valence-corrected chi connectivity index (χ4v) is 3.62. The van der Waals surface area contributed by atoms with E-state index < -0.39 is 0 Å². The first-order valence-electron chi connectivity index (χ1n) is 5.46. The van der Waals surface area contributed by atoms with Gasteiger partial charge in [-0.3, -0.25) is 0 Å². The predicted octanol–water partition coefficient (Wildman–Crippen LogP) is 5.32. The standard InChI is InChI=1S/C13H12BrCl2NS/c1-17-11(12-4-5-13(14)18-12)7-8-2-3-9(15)10(16)6-8/h2-6,11,17H,7H2,1H3. The fraction of sp³-hybridized carbons (Fsp3) is 0.231. The van der Waals surface area contributed by atoms with Crippen LogP contribution in [0.25, 0.3) is 0 Å². The Morgan fingerprint density at radius 2 is 2.00 bits per heavy atom. The van der Waals surface area contributed by atoms with Crippen molar-refractivity contribution >= 4 is 50.5 Å². The van der Waals surface area contributed by atoms with Gasteiger partial charge in [-0.25, -0.2) is 0 Å². The summed E-state index contributed by atoms with van der Waals surface area (Å²) < 4.78 is 1.15. The van der Waals surface area contributed by atoms with Crippen molar-refractivity contribution in [2.45, 2.75) is 12.5 Å². The van der Waals surface area contributed by atoms with Gasteiger partial charge in [0.1, 0.15) is 0 Å². The third kappa shape index (κ3) is 3.49. The highest BCUT2D eigenvalue weighted by Crippen LogP contribution is 2.30. The lowest BCUT2D eigenvalue weighted by molar-refractivity contribution is 0.602. The molecule has 96 valence electrons. The van der Waals surface area contributed by atoms with E-state index in [1.807, 2.05) is 25.2 Å². The molecule has 1 N–H and O–H groups in total. The molecule has 0 aliphatic carbocycles. The molecule has 1 aromatic heterocycles. The number of hydrogen-bond donors (Lipinski definition) is 1. The molecule has 0 radical (unpaired) electrons. The van der Waals surface area contributed by atoms with Crippen LogP contribution in [0, 0.1) is 0 Å². The van der Waals surface area contributed by atoms with Gasteiger partial charge in [-0.2, -0.15) is 0 Å². The molecule has 0 aliphatic heterocycles. The van der Waals surface area contributed by atoms with E-state index in [0.29, 0.717) is 16.1 Å². The van der Waals surface area contributed by atoms with Crippen molar-refractivity contribution in [2.75, 3.05) is 7.05 Å². The summed E-state index contributed by atoms with van der Waals surface area (Å²) >= 11 is 17.2. The molecule has 1 heterocycles. The molecule has 0 amide bonds. The van der Waals surface area contributed by atoms with Gasteiger partial charge in [0, 0.05) is 10.9 Å². The van der Waals surface area contributed by atoms with E-state index in [-0.39, 0.29) is 0 Å². The number of benzene rings is 1. The molecule has 1 nitrogen and oxygen atoms in total. The van der Waals surface area contributed by atoms with Crippen molar-refractivity contribution in [1.82, 2.24) is 5.32 Å². The smallest absolute Gasteiger partial charge is 0.0701 e. The minimum atomic E-state index is 0.290. The minimum absolute atomic E-state index is 0.290. The second-order valence-electron chi connectivity index (χ2n) is 3.94. The Morgan fingerprint density at radius 1 is 1.22 bits per heavy atom. The predicted molar refractivity (Wildman–Crippen MR) is 84.0 cm³/mol. The summed E-state index contributed by atoms with van der Waals surface area (Å²) in [6.45, 7) is 0. The third-order valence-corrected chi connectivity index (χ3v) is 5.19. The molecular formula is C13H12BrCl2NS. The molecule has 0 bridgehead atoms. The average Bonchev–Trinajstić information content (AvgIpc) is 2.77. The molecule has 1 unspecified atom stereocenters. The zero-order valence-corrected chi connectivity index (χ0v) is 13.6. The summed E-state index contributed by atoms with van der Waals surface area (Å²) in [4.78, 5) is 1.30. The van der Waals surface area contributed by atoms with E-state index in [1.54, 1.807) is 11.3 Å². The first-order valence-corrected chi connectivity index (χ1v) is 7.83. The summed E-state index contributed by atoms with van der Waals surface area (Å²) in [5.74, 6) is 0. The van der Waals surface area contributed by atoms with E-state index in [1.165, 1.54) is 10.4 Å². The summed E-state index contributed by atoms with van der Waals surface area (Å²) in [5.41, 5.74) is 1.17. The van der Waals surface area contributed by atoms with Crippen LogP contribution in [0.15, 0.2) is 34.1 Å². The van der Waals surface area contributed by atoms with Crippen LogP contribution >= 0.6 is 50.5 Å². The van der Waals surface area contributed by atoms with Gasteiger partial charge >= 0.3 is 0 Å². The number of halogens is 3. The Labute approximate surface area is 129 Å². The Balaban J connectivity index is 2.17. The molecule has 1 aromatic carbocycles. The van der Waals surface area contributed by atoms with E-state index in [4.69, 9.17) is 23.2 Å². The maximum atomic E-state index is 6.03. The van der Waals surface area contributed by atoms with Crippen LogP contribution < -0.4 is 5.32 Å². The van der Waals surface area contributed by atoms with E-state index in [9.17, 15) is 0 Å². The molecule has 0 fully saturated rings. The number of nitrogens with one attached hydrogen (secondary N) is 1. The summed E-state index contributed by atoms with van der Waals surface area (Å²) in [5, 5.41) is 4.53. The van der Waals surface area contributed by atoms with Gasteiger partial charge in [-0.1, -0.05) is 29.3 Å². The van der Waals surface area contributed by atoms with Crippen LogP contribution in [0.5, 0.6) is 0 Å². The Bertz CT molecular complexity index is 542. The lowest BCUT2D eigenvalue weighted by Gasteiger charge is -2.15. The monoisotopic (exact) mass is 363 g/mol. The SMILES string of the molecule is CNC(Cc1ccc(Cl)c(Cl)c1)c1ccc(Br)s1. The zero-order chi connectivity index (χ0) is 13.1. The van der Waals surface area contributed by atoms with Crippen molar-refractivity contribution in [3.63, 3.8) is 0 Å². The van der Waals surface area contributed by atoms with Crippen LogP contribution in [-0.4, -0.2) is 7.05 Å². The molecule has 2 rings (SSSR count). The molecule has 2 aromatic rings. The van der Waals surface area contributed by atoms with Gasteiger partial charge in [0.25, 0.3) is 0 Å². The second-order valence-corrected chi connectivity index (χ2v) is 7.24. The molecule has 0 spiro atoms. The molecule has 0 saturated heterocycles. The molecular weight excluding hydrogens is 353 g/mol. The molecule has 18 heavy (non-hydrogen) atoms. The van der Waals surface area contributed by atoms with E-state index in [2.05, 4.69) is 33.4 Å². The first-order chi connectivity index (χ1) is 8.60. The molecule has 0 saturated carbocycles. The largest absolute Gasteiger partial charge is 0.312 e. The zero-order valence-electron chi connectivity index (χ0n) is 9.71. The highest BCUT2D eigenvalue weighted by molar-refractivity contribution is 9.11. The van der Waals surface area contributed by atoms with Crippen molar-refractivity contribution in [1.29, 1.82) is 0 Å². The maximum Gasteiger partial charge on any atom is 0.0701 e. The van der Waals surface area contributed by atoms with Crippen molar-refractivity contribution < 1.29 is 0 Å². The lowest BCUT2D eigenvalue weighted by atomic mass is 10.0. The van der Waals surface area contributed by atoms with Crippen molar-refractivity contribution in [3.05, 3.63) is 54.6 Å². The maximum absolute atomic E-state index is 6.03. The Morgan fingerprint density at radius 3 is 2.56 bits per heavy atom. The Kier molecular flexibility index (Phi) is 5.10. The number of hydrogen-bond acceptors (Lipinski definition) is 2. The van der Waals surface area contributed by atoms with Gasteiger partial charge < -0.3 is 5.32 Å². The van der Waals surface area contributed by atoms with E-state index in [0.717, 1.165) is 10.2 Å². The molecule has 0 aliphatic rings. The van der Waals surface area contributed by atoms with Crippen molar-refractivity contribution in [3.8, 4) is 0 Å². The number of rotatable bonds is 4. The highest BCUT2D eigenvalue weighted by Gasteiger charge is 2.13. The minimum Gasteiger partial charge on any atom is -0.312 e. The summed E-state index contributed by atoms with van der Waals surface area (Å²) in [7, 11) is 1.97. The number of likely N-dealkylation sites (N-methyl/N-ethyl adjacent to an activating group) is 1. The van der Waals surface area contributed by atoms with Gasteiger partial charge in [0.2, 0.25) is 0 Å². The second kappa shape index (κ2) is 6.40. The van der Waals surface area contributed by atoms with Crippen LogP contribution in [0.4, 0.5) is 0 Å². The van der Waals surface area contributed by atoms with Gasteiger partial charge in [0.05, 0.1) is 13.8 Å². The van der Waals surface area contributed by atoms with Crippen LogP contribution in [0.2, 0.25) is 10.0 Å². The van der Waals surface area contributed by atoms with E-state index >= 15 is 0 Å². The molecule has 1 atom stereocenters. The fourth-order valence-electron chi connectivity index (χ4n) is 1.76. The summed E-state index contributed by atoms with van der Waals surface area (Å²) in [6, 6.07) is 10.3. The van der Waals surface area contributed by atoms with Crippen LogP contribution in [-0.2, 0) is 6.42 Å². The quantitative estimate of drug-likeness (QED) is 0.773.